The number of primary amides is 1. The molecule has 0 aliphatic rings. The van der Waals surface area contributed by atoms with E-state index in [1.807, 2.05) is 6.92 Å². The quantitative estimate of drug-likeness (QED) is 0.579. The fourth-order valence-corrected chi connectivity index (χ4v) is 3.77. The number of para-hydroxylation sites is 2. The number of amides is 2. The standard InChI is InChI=1S/C21H19N3O4S/c1-14-10-12-15(13-11-14)29(27,28)24-19-9-5-3-7-17(19)21(26)23-18-8-4-2-6-16(18)20(22)25/h2-13,24H,1H3,(H2,22,25)(H,23,26). The smallest absolute Gasteiger partial charge is 0.261 e. The van der Waals surface area contributed by atoms with Crippen molar-refractivity contribution in [1.82, 2.24) is 0 Å². The van der Waals surface area contributed by atoms with Crippen molar-refractivity contribution in [3.8, 4) is 0 Å². The summed E-state index contributed by atoms with van der Waals surface area (Å²) in [5, 5.41) is 2.61. The van der Waals surface area contributed by atoms with Gasteiger partial charge in [0.2, 0.25) is 0 Å². The molecule has 0 radical (unpaired) electrons. The first-order valence-electron chi connectivity index (χ1n) is 8.66. The number of sulfonamides is 1. The van der Waals surface area contributed by atoms with Crippen molar-refractivity contribution in [3.05, 3.63) is 89.5 Å². The van der Waals surface area contributed by atoms with Gasteiger partial charge >= 0.3 is 0 Å². The third-order valence-corrected chi connectivity index (χ3v) is 5.57. The van der Waals surface area contributed by atoms with E-state index < -0.39 is 21.8 Å². The highest BCUT2D eigenvalue weighted by Crippen LogP contribution is 2.23. The monoisotopic (exact) mass is 409 g/mol. The minimum absolute atomic E-state index is 0.0809. The molecule has 148 valence electrons. The zero-order valence-electron chi connectivity index (χ0n) is 15.5. The maximum atomic E-state index is 12.8. The van der Waals surface area contributed by atoms with Crippen LogP contribution in [0.1, 0.15) is 26.3 Å². The van der Waals surface area contributed by atoms with E-state index in [0.717, 1.165) is 5.56 Å². The first kappa shape index (κ1) is 20.1. The summed E-state index contributed by atoms with van der Waals surface area (Å²) in [4.78, 5) is 24.4. The van der Waals surface area contributed by atoms with Gasteiger partial charge in [-0.25, -0.2) is 8.42 Å². The highest BCUT2D eigenvalue weighted by atomic mass is 32.2. The second-order valence-corrected chi connectivity index (χ2v) is 8.01. The van der Waals surface area contributed by atoms with Crippen molar-refractivity contribution < 1.29 is 18.0 Å². The molecule has 0 aliphatic carbocycles. The van der Waals surface area contributed by atoms with Crippen LogP contribution in [0.3, 0.4) is 0 Å². The average molecular weight is 409 g/mol. The molecule has 0 aromatic heterocycles. The van der Waals surface area contributed by atoms with E-state index in [2.05, 4.69) is 10.0 Å². The van der Waals surface area contributed by atoms with Crippen LogP contribution in [-0.4, -0.2) is 20.2 Å². The van der Waals surface area contributed by atoms with Crippen molar-refractivity contribution in [3.63, 3.8) is 0 Å². The van der Waals surface area contributed by atoms with Crippen LogP contribution < -0.4 is 15.8 Å². The molecule has 0 unspecified atom stereocenters. The first-order valence-corrected chi connectivity index (χ1v) is 10.1. The van der Waals surface area contributed by atoms with Gasteiger partial charge in [-0.2, -0.15) is 0 Å². The molecule has 0 aliphatic heterocycles. The maximum Gasteiger partial charge on any atom is 0.261 e. The Morgan fingerprint density at radius 2 is 1.34 bits per heavy atom. The van der Waals surface area contributed by atoms with E-state index in [0.29, 0.717) is 0 Å². The van der Waals surface area contributed by atoms with Crippen LogP contribution >= 0.6 is 0 Å². The van der Waals surface area contributed by atoms with Gasteiger partial charge in [-0.1, -0.05) is 42.0 Å². The van der Waals surface area contributed by atoms with Crippen molar-refractivity contribution >= 4 is 33.2 Å². The van der Waals surface area contributed by atoms with Gasteiger partial charge < -0.3 is 11.1 Å². The zero-order chi connectivity index (χ0) is 21.0. The minimum Gasteiger partial charge on any atom is -0.366 e. The Labute approximate surface area is 168 Å². The van der Waals surface area contributed by atoms with E-state index in [1.54, 1.807) is 36.4 Å². The average Bonchev–Trinajstić information content (AvgIpc) is 2.68. The van der Waals surface area contributed by atoms with Crippen LogP contribution in [0.15, 0.2) is 77.7 Å². The summed E-state index contributed by atoms with van der Waals surface area (Å²) in [6.07, 6.45) is 0. The van der Waals surface area contributed by atoms with Crippen molar-refractivity contribution in [2.24, 2.45) is 5.73 Å². The number of aryl methyl sites for hydroxylation is 1. The molecule has 8 heteroatoms. The largest absolute Gasteiger partial charge is 0.366 e. The Morgan fingerprint density at radius 3 is 1.97 bits per heavy atom. The second-order valence-electron chi connectivity index (χ2n) is 6.33. The van der Waals surface area contributed by atoms with Gasteiger partial charge in [-0.15, -0.1) is 0 Å². The Morgan fingerprint density at radius 1 is 0.793 bits per heavy atom. The van der Waals surface area contributed by atoms with Gasteiger partial charge in [0, 0.05) is 0 Å². The topological polar surface area (TPSA) is 118 Å². The molecule has 2 amide bonds. The lowest BCUT2D eigenvalue weighted by atomic mass is 10.1. The van der Waals surface area contributed by atoms with E-state index in [1.165, 1.54) is 36.4 Å². The molecule has 4 N–H and O–H groups in total. The van der Waals surface area contributed by atoms with E-state index in [-0.39, 0.29) is 27.4 Å². The predicted octanol–water partition coefficient (Wildman–Crippen LogP) is 3.15. The van der Waals surface area contributed by atoms with Crippen LogP contribution in [-0.2, 0) is 10.0 Å². The van der Waals surface area contributed by atoms with Crippen molar-refractivity contribution in [2.75, 3.05) is 10.0 Å². The lowest BCUT2D eigenvalue weighted by Gasteiger charge is -2.14. The van der Waals surface area contributed by atoms with Crippen molar-refractivity contribution in [1.29, 1.82) is 0 Å². The molecule has 3 rings (SSSR count). The molecule has 7 nitrogen and oxygen atoms in total. The number of rotatable bonds is 6. The molecule has 29 heavy (non-hydrogen) atoms. The van der Waals surface area contributed by atoms with Gasteiger partial charge in [-0.3, -0.25) is 14.3 Å². The summed E-state index contributed by atoms with van der Waals surface area (Å²) in [6.45, 7) is 1.85. The fraction of sp³-hybridized carbons (Fsp3) is 0.0476. The SMILES string of the molecule is Cc1ccc(S(=O)(=O)Nc2ccccc2C(=O)Nc2ccccc2C(N)=O)cc1. The summed E-state index contributed by atoms with van der Waals surface area (Å²) >= 11 is 0. The summed E-state index contributed by atoms with van der Waals surface area (Å²) in [6, 6.07) is 18.8. The van der Waals surface area contributed by atoms with Gasteiger partial charge in [0.15, 0.2) is 0 Å². The van der Waals surface area contributed by atoms with Gasteiger partial charge in [0.1, 0.15) is 0 Å². The Hall–Kier alpha value is -3.65. The Bertz CT molecular complexity index is 1170. The zero-order valence-corrected chi connectivity index (χ0v) is 16.4. The molecule has 3 aromatic rings. The van der Waals surface area contributed by atoms with E-state index in [9.17, 15) is 18.0 Å². The number of carbonyl (C=O) groups is 2. The molecule has 0 atom stereocenters. The second kappa shape index (κ2) is 8.15. The van der Waals surface area contributed by atoms with Gasteiger partial charge in [0.05, 0.1) is 27.4 Å². The van der Waals surface area contributed by atoms with Gasteiger partial charge in [-0.05, 0) is 43.3 Å². The maximum absolute atomic E-state index is 12.8. The van der Waals surface area contributed by atoms with E-state index >= 15 is 0 Å². The molecule has 0 spiro atoms. The lowest BCUT2D eigenvalue weighted by molar-refractivity contribution is 0.100. The Kier molecular flexibility index (Phi) is 5.65. The third-order valence-electron chi connectivity index (χ3n) is 4.19. The molecular weight excluding hydrogens is 390 g/mol. The number of carbonyl (C=O) groups excluding carboxylic acids is 2. The third kappa shape index (κ3) is 4.61. The molecule has 3 aromatic carbocycles. The van der Waals surface area contributed by atoms with Crippen LogP contribution in [0.5, 0.6) is 0 Å². The number of nitrogens with one attached hydrogen (secondary N) is 2. The fourth-order valence-electron chi connectivity index (χ4n) is 2.69. The molecule has 0 saturated carbocycles. The lowest BCUT2D eigenvalue weighted by Crippen LogP contribution is -2.20. The molecular formula is C21H19N3O4S. The molecule has 0 bridgehead atoms. The molecule has 0 fully saturated rings. The summed E-state index contributed by atoms with van der Waals surface area (Å²) in [5.41, 5.74) is 6.86. The van der Waals surface area contributed by atoms with Gasteiger partial charge in [0.25, 0.3) is 21.8 Å². The highest BCUT2D eigenvalue weighted by molar-refractivity contribution is 7.92. The summed E-state index contributed by atoms with van der Waals surface area (Å²) < 4.78 is 27.8. The normalized spacial score (nSPS) is 10.9. The number of anilines is 2. The number of benzene rings is 3. The summed E-state index contributed by atoms with van der Waals surface area (Å²) in [5.74, 6) is -1.27. The predicted molar refractivity (Wildman–Crippen MR) is 111 cm³/mol. The number of hydrogen-bond donors (Lipinski definition) is 3. The van der Waals surface area contributed by atoms with Crippen LogP contribution in [0.2, 0.25) is 0 Å². The minimum atomic E-state index is -3.88. The molecule has 0 heterocycles. The number of nitrogens with two attached hydrogens (primary N) is 1. The highest BCUT2D eigenvalue weighted by Gasteiger charge is 2.19. The van der Waals surface area contributed by atoms with Crippen LogP contribution in [0.4, 0.5) is 11.4 Å². The van der Waals surface area contributed by atoms with Crippen LogP contribution in [0.25, 0.3) is 0 Å². The number of hydrogen-bond acceptors (Lipinski definition) is 4. The molecule has 0 saturated heterocycles. The Balaban J connectivity index is 1.90. The summed E-state index contributed by atoms with van der Waals surface area (Å²) in [7, 11) is -3.88. The van der Waals surface area contributed by atoms with Crippen LogP contribution in [0, 0.1) is 6.92 Å². The first-order chi connectivity index (χ1) is 13.8. The van der Waals surface area contributed by atoms with Crippen molar-refractivity contribution in [2.45, 2.75) is 11.8 Å². The van der Waals surface area contributed by atoms with E-state index in [4.69, 9.17) is 5.73 Å².